The van der Waals surface area contributed by atoms with Crippen LogP contribution in [0.2, 0.25) is 5.02 Å². The molecule has 0 radical (unpaired) electrons. The molecule has 0 aromatic heterocycles. The van der Waals surface area contributed by atoms with Crippen molar-refractivity contribution in [3.63, 3.8) is 0 Å². The van der Waals surface area contributed by atoms with Gasteiger partial charge in [0.25, 0.3) is 0 Å². The van der Waals surface area contributed by atoms with E-state index in [2.05, 4.69) is 25.2 Å². The van der Waals surface area contributed by atoms with Crippen LogP contribution in [-0.2, 0) is 4.74 Å². The number of ether oxygens (including phenoxy) is 1. The summed E-state index contributed by atoms with van der Waals surface area (Å²) in [6.45, 7) is 6.90. The third-order valence-electron chi connectivity index (χ3n) is 2.64. The fourth-order valence-electron chi connectivity index (χ4n) is 1.68. The van der Waals surface area contributed by atoms with Crippen molar-refractivity contribution in [3.05, 3.63) is 34.9 Å². The Labute approximate surface area is 109 Å². The quantitative estimate of drug-likeness (QED) is 0.714. The second-order valence-electron chi connectivity index (χ2n) is 4.16. The van der Waals surface area contributed by atoms with Crippen molar-refractivity contribution in [1.82, 2.24) is 5.32 Å². The second kappa shape index (κ2) is 8.51. The molecule has 96 valence electrons. The smallest absolute Gasteiger partial charge is 0.0478 e. The van der Waals surface area contributed by atoms with Crippen LogP contribution < -0.4 is 5.32 Å². The average Bonchev–Trinajstić information content (AvgIpc) is 2.34. The fraction of sp³-hybridized carbons (Fsp3) is 0.571. The number of nitrogens with one attached hydrogen (secondary N) is 1. The van der Waals surface area contributed by atoms with Crippen molar-refractivity contribution in [2.75, 3.05) is 19.8 Å². The first-order chi connectivity index (χ1) is 8.25. The molecule has 1 aromatic rings. The minimum absolute atomic E-state index is 0.287. The lowest BCUT2D eigenvalue weighted by molar-refractivity contribution is 0.132. The third-order valence-corrected chi connectivity index (χ3v) is 2.98. The van der Waals surface area contributed by atoms with Crippen LogP contribution in [0.4, 0.5) is 0 Å². The lowest BCUT2D eigenvalue weighted by Gasteiger charge is -2.15. The van der Waals surface area contributed by atoms with Gasteiger partial charge in [0.05, 0.1) is 0 Å². The van der Waals surface area contributed by atoms with E-state index in [0.29, 0.717) is 0 Å². The van der Waals surface area contributed by atoms with Gasteiger partial charge in [-0.25, -0.2) is 0 Å². The molecule has 17 heavy (non-hydrogen) atoms. The summed E-state index contributed by atoms with van der Waals surface area (Å²) >= 11 is 6.14. The molecule has 0 saturated heterocycles. The van der Waals surface area contributed by atoms with Crippen molar-refractivity contribution in [2.24, 2.45) is 0 Å². The monoisotopic (exact) mass is 255 g/mol. The average molecular weight is 256 g/mol. The van der Waals surface area contributed by atoms with E-state index in [9.17, 15) is 0 Å². The Morgan fingerprint density at radius 1 is 1.29 bits per heavy atom. The molecule has 0 saturated carbocycles. The summed E-state index contributed by atoms with van der Waals surface area (Å²) in [7, 11) is 0. The summed E-state index contributed by atoms with van der Waals surface area (Å²) in [6.07, 6.45) is 2.12. The van der Waals surface area contributed by atoms with E-state index >= 15 is 0 Å². The van der Waals surface area contributed by atoms with Crippen molar-refractivity contribution in [2.45, 2.75) is 32.7 Å². The molecule has 0 aliphatic heterocycles. The Kier molecular flexibility index (Phi) is 7.25. The van der Waals surface area contributed by atoms with Crippen molar-refractivity contribution in [1.29, 1.82) is 0 Å². The molecule has 3 heteroatoms. The maximum atomic E-state index is 6.14. The first kappa shape index (κ1) is 14.5. The lowest BCUT2D eigenvalue weighted by Crippen LogP contribution is -2.21. The van der Waals surface area contributed by atoms with Crippen LogP contribution in [0.15, 0.2) is 24.3 Å². The zero-order valence-corrected chi connectivity index (χ0v) is 11.5. The summed E-state index contributed by atoms with van der Waals surface area (Å²) in [5, 5.41) is 4.28. The molecule has 0 amide bonds. The molecule has 0 heterocycles. The normalized spacial score (nSPS) is 12.6. The van der Waals surface area contributed by atoms with Crippen LogP contribution >= 0.6 is 11.6 Å². The van der Waals surface area contributed by atoms with Crippen LogP contribution in [0.3, 0.4) is 0 Å². The highest BCUT2D eigenvalue weighted by atomic mass is 35.5. The molecule has 0 bridgehead atoms. The molecule has 1 unspecified atom stereocenters. The Morgan fingerprint density at radius 2 is 2.06 bits per heavy atom. The molecule has 1 aromatic carbocycles. The molecule has 2 nitrogen and oxygen atoms in total. The maximum Gasteiger partial charge on any atom is 0.0478 e. The van der Waals surface area contributed by atoms with Gasteiger partial charge in [0.1, 0.15) is 0 Å². The molecule has 0 aliphatic carbocycles. The van der Waals surface area contributed by atoms with Crippen molar-refractivity contribution < 1.29 is 4.74 Å². The van der Waals surface area contributed by atoms with E-state index in [1.807, 2.05) is 18.2 Å². The van der Waals surface area contributed by atoms with Gasteiger partial charge >= 0.3 is 0 Å². The van der Waals surface area contributed by atoms with Gasteiger partial charge in [-0.2, -0.15) is 0 Å². The summed E-state index contributed by atoms with van der Waals surface area (Å²) < 4.78 is 5.43. The first-order valence-corrected chi connectivity index (χ1v) is 6.69. The molecule has 0 aliphatic rings. The van der Waals surface area contributed by atoms with Crippen LogP contribution in [0, 0.1) is 0 Å². The third kappa shape index (κ3) is 5.53. The topological polar surface area (TPSA) is 21.3 Å². The van der Waals surface area contributed by atoms with Gasteiger partial charge in [0.15, 0.2) is 0 Å². The molecular weight excluding hydrogens is 234 g/mol. The van der Waals surface area contributed by atoms with Crippen LogP contribution in [0.25, 0.3) is 0 Å². The highest BCUT2D eigenvalue weighted by molar-refractivity contribution is 6.31. The van der Waals surface area contributed by atoms with Crippen LogP contribution in [0.5, 0.6) is 0 Å². The van der Waals surface area contributed by atoms with Crippen LogP contribution in [0.1, 0.15) is 38.3 Å². The lowest BCUT2D eigenvalue weighted by atomic mass is 10.1. The van der Waals surface area contributed by atoms with Crippen molar-refractivity contribution in [3.8, 4) is 0 Å². The molecule has 1 rings (SSSR count). The Morgan fingerprint density at radius 3 is 2.76 bits per heavy atom. The van der Waals surface area contributed by atoms with Gasteiger partial charge in [0, 0.05) is 24.3 Å². The van der Waals surface area contributed by atoms with Gasteiger partial charge in [-0.15, -0.1) is 0 Å². The van der Waals surface area contributed by atoms with Gasteiger partial charge in [-0.3, -0.25) is 0 Å². The Bertz CT molecular complexity index is 317. The highest BCUT2D eigenvalue weighted by Gasteiger charge is 2.07. The Hall–Kier alpha value is -0.570. The maximum absolute atomic E-state index is 6.14. The van der Waals surface area contributed by atoms with E-state index in [4.69, 9.17) is 16.3 Å². The number of benzene rings is 1. The zero-order valence-electron chi connectivity index (χ0n) is 10.7. The number of rotatable bonds is 8. The highest BCUT2D eigenvalue weighted by Crippen LogP contribution is 2.21. The first-order valence-electron chi connectivity index (χ1n) is 6.31. The Balaban J connectivity index is 2.21. The molecular formula is C14H22ClNO. The summed E-state index contributed by atoms with van der Waals surface area (Å²) in [4.78, 5) is 0. The molecule has 0 spiro atoms. The van der Waals surface area contributed by atoms with E-state index in [-0.39, 0.29) is 6.04 Å². The standard InChI is InChI=1S/C14H22ClNO/c1-3-10-17-11-6-9-16-12(2)13-7-4-5-8-14(13)15/h4-5,7-8,12,16H,3,6,9-11H2,1-2H3. The number of halogens is 1. The van der Waals surface area contributed by atoms with E-state index in [1.165, 1.54) is 0 Å². The summed E-state index contributed by atoms with van der Waals surface area (Å²) in [5.74, 6) is 0. The van der Waals surface area contributed by atoms with Crippen molar-refractivity contribution >= 4 is 11.6 Å². The van der Waals surface area contributed by atoms with Gasteiger partial charge < -0.3 is 10.1 Å². The SMILES string of the molecule is CCCOCCCNC(C)c1ccccc1Cl. The van der Waals surface area contributed by atoms with E-state index in [0.717, 1.165) is 43.2 Å². The van der Waals surface area contributed by atoms with E-state index in [1.54, 1.807) is 0 Å². The summed E-state index contributed by atoms with van der Waals surface area (Å²) in [6, 6.07) is 8.25. The zero-order chi connectivity index (χ0) is 12.5. The fourth-order valence-corrected chi connectivity index (χ4v) is 1.97. The summed E-state index contributed by atoms with van der Waals surface area (Å²) in [5.41, 5.74) is 1.16. The van der Waals surface area contributed by atoms with Gasteiger partial charge in [-0.05, 0) is 37.9 Å². The number of hydrogen-bond acceptors (Lipinski definition) is 2. The largest absolute Gasteiger partial charge is 0.381 e. The molecule has 1 N–H and O–H groups in total. The van der Waals surface area contributed by atoms with E-state index < -0.39 is 0 Å². The van der Waals surface area contributed by atoms with Crippen LogP contribution in [-0.4, -0.2) is 19.8 Å². The number of hydrogen-bond donors (Lipinski definition) is 1. The predicted octanol–water partition coefficient (Wildman–Crippen LogP) is 3.81. The molecule has 1 atom stereocenters. The molecule has 0 fully saturated rings. The minimum atomic E-state index is 0.287. The van der Waals surface area contributed by atoms with Gasteiger partial charge in [-0.1, -0.05) is 36.7 Å². The second-order valence-corrected chi connectivity index (χ2v) is 4.57. The predicted molar refractivity (Wildman–Crippen MR) is 73.6 cm³/mol. The van der Waals surface area contributed by atoms with Gasteiger partial charge in [0.2, 0.25) is 0 Å². The minimum Gasteiger partial charge on any atom is -0.381 e.